The third kappa shape index (κ3) is 2.97. The maximum absolute atomic E-state index is 13.1. The average Bonchev–Trinajstić information content (AvgIpc) is 2.53. The lowest BCUT2D eigenvalue weighted by molar-refractivity contribution is -0.137. The van der Waals surface area contributed by atoms with E-state index in [2.05, 4.69) is 22.0 Å². The van der Waals surface area contributed by atoms with Crippen LogP contribution in [-0.4, -0.2) is 5.33 Å². The normalized spacial score (nSPS) is 12.2. The molecule has 0 fully saturated rings. The summed E-state index contributed by atoms with van der Waals surface area (Å²) in [6.45, 7) is 1.90. The van der Waals surface area contributed by atoms with Crippen LogP contribution in [0.1, 0.15) is 23.1 Å². The highest BCUT2D eigenvalue weighted by atomic mass is 79.9. The molecule has 0 aromatic heterocycles. The molecule has 0 radical (unpaired) electrons. The molecule has 0 aliphatic heterocycles. The SMILES string of the molecule is Cc1c2ccccc2c(CCCBr)c2ccc(C(F)(F)F)cc12. The molecule has 0 atom stereocenters. The van der Waals surface area contributed by atoms with E-state index in [0.29, 0.717) is 5.39 Å². The van der Waals surface area contributed by atoms with Gasteiger partial charge in [0, 0.05) is 5.33 Å². The van der Waals surface area contributed by atoms with E-state index in [9.17, 15) is 13.2 Å². The second kappa shape index (κ2) is 6.16. The van der Waals surface area contributed by atoms with Crippen LogP contribution in [0.25, 0.3) is 21.5 Å². The van der Waals surface area contributed by atoms with Crippen LogP contribution >= 0.6 is 15.9 Å². The van der Waals surface area contributed by atoms with Gasteiger partial charge < -0.3 is 0 Å². The fraction of sp³-hybridized carbons (Fsp3) is 0.263. The molecule has 0 saturated carbocycles. The van der Waals surface area contributed by atoms with E-state index >= 15 is 0 Å². The summed E-state index contributed by atoms with van der Waals surface area (Å²) in [5, 5.41) is 4.66. The van der Waals surface area contributed by atoms with Crippen LogP contribution in [0, 0.1) is 6.92 Å². The van der Waals surface area contributed by atoms with E-state index in [0.717, 1.165) is 45.5 Å². The van der Waals surface area contributed by atoms with E-state index in [4.69, 9.17) is 0 Å². The molecule has 0 N–H and O–H groups in total. The molecule has 23 heavy (non-hydrogen) atoms. The minimum atomic E-state index is -4.32. The van der Waals surface area contributed by atoms with Crippen molar-refractivity contribution in [3.05, 3.63) is 59.2 Å². The van der Waals surface area contributed by atoms with Crippen molar-refractivity contribution in [3.63, 3.8) is 0 Å². The molecule has 0 aliphatic carbocycles. The third-order valence-electron chi connectivity index (χ3n) is 4.29. The van der Waals surface area contributed by atoms with Gasteiger partial charge in [-0.1, -0.05) is 46.3 Å². The van der Waals surface area contributed by atoms with Gasteiger partial charge in [-0.15, -0.1) is 0 Å². The number of halogens is 4. The Morgan fingerprint density at radius 2 is 1.57 bits per heavy atom. The van der Waals surface area contributed by atoms with Crippen molar-refractivity contribution in [2.75, 3.05) is 5.33 Å². The van der Waals surface area contributed by atoms with Gasteiger partial charge in [0.2, 0.25) is 0 Å². The molecule has 0 amide bonds. The van der Waals surface area contributed by atoms with E-state index in [1.807, 2.05) is 25.1 Å². The highest BCUT2D eigenvalue weighted by Gasteiger charge is 2.30. The first kappa shape index (κ1) is 16.3. The molecule has 3 aromatic carbocycles. The zero-order valence-corrected chi connectivity index (χ0v) is 14.3. The first-order valence-electron chi connectivity index (χ1n) is 7.50. The zero-order valence-electron chi connectivity index (χ0n) is 12.7. The van der Waals surface area contributed by atoms with E-state index in [-0.39, 0.29) is 0 Å². The maximum atomic E-state index is 13.1. The Kier molecular flexibility index (Phi) is 4.37. The second-order valence-electron chi connectivity index (χ2n) is 5.70. The number of rotatable bonds is 3. The fourth-order valence-electron chi connectivity index (χ4n) is 3.17. The van der Waals surface area contributed by atoms with E-state index in [1.165, 1.54) is 12.1 Å². The second-order valence-corrected chi connectivity index (χ2v) is 6.49. The highest BCUT2D eigenvalue weighted by molar-refractivity contribution is 9.09. The Morgan fingerprint density at radius 1 is 0.913 bits per heavy atom. The smallest absolute Gasteiger partial charge is 0.166 e. The first-order valence-corrected chi connectivity index (χ1v) is 8.62. The van der Waals surface area contributed by atoms with Gasteiger partial charge in [0.15, 0.2) is 0 Å². The van der Waals surface area contributed by atoms with Gasteiger partial charge in [-0.3, -0.25) is 0 Å². The van der Waals surface area contributed by atoms with Crippen molar-refractivity contribution in [3.8, 4) is 0 Å². The van der Waals surface area contributed by atoms with E-state index < -0.39 is 11.7 Å². The fourth-order valence-corrected chi connectivity index (χ4v) is 3.45. The van der Waals surface area contributed by atoms with Crippen molar-refractivity contribution in [1.82, 2.24) is 0 Å². The molecule has 3 aromatic rings. The van der Waals surface area contributed by atoms with E-state index in [1.54, 1.807) is 6.07 Å². The maximum Gasteiger partial charge on any atom is 0.416 e. The van der Waals surface area contributed by atoms with Crippen molar-refractivity contribution in [2.45, 2.75) is 25.9 Å². The number of benzene rings is 3. The van der Waals surface area contributed by atoms with Gasteiger partial charge in [0.1, 0.15) is 0 Å². The minimum absolute atomic E-state index is 0.588. The molecule has 120 valence electrons. The summed E-state index contributed by atoms with van der Waals surface area (Å²) in [5.41, 5.74) is 1.45. The van der Waals surface area contributed by atoms with Crippen LogP contribution in [0.15, 0.2) is 42.5 Å². The highest BCUT2D eigenvalue weighted by Crippen LogP contribution is 2.37. The minimum Gasteiger partial charge on any atom is -0.166 e. The topological polar surface area (TPSA) is 0 Å². The van der Waals surface area contributed by atoms with Crippen molar-refractivity contribution in [2.24, 2.45) is 0 Å². The van der Waals surface area contributed by atoms with Crippen LogP contribution in [0.5, 0.6) is 0 Å². The number of alkyl halides is 4. The van der Waals surface area contributed by atoms with Crippen molar-refractivity contribution in [1.29, 1.82) is 0 Å². The molecule has 0 heterocycles. The number of aryl methyl sites for hydroxylation is 2. The summed E-state index contributed by atoms with van der Waals surface area (Å²) in [5.74, 6) is 0. The van der Waals surface area contributed by atoms with Gasteiger partial charge in [-0.05, 0) is 64.6 Å². The molecule has 0 aliphatic rings. The molecule has 0 bridgehead atoms. The molecule has 3 rings (SSSR count). The molecular formula is C19H16BrF3. The lowest BCUT2D eigenvalue weighted by Crippen LogP contribution is -2.05. The molecule has 0 unspecified atom stereocenters. The molecule has 0 saturated heterocycles. The quantitative estimate of drug-likeness (QED) is 0.352. The summed E-state index contributed by atoms with van der Waals surface area (Å²) in [4.78, 5) is 0. The summed E-state index contributed by atoms with van der Waals surface area (Å²) >= 11 is 3.44. The molecule has 4 heteroatoms. The predicted octanol–water partition coefficient (Wildman–Crippen LogP) is 6.65. The van der Waals surface area contributed by atoms with Crippen LogP contribution in [0.4, 0.5) is 13.2 Å². The molecular weight excluding hydrogens is 365 g/mol. The standard InChI is InChI=1S/C19H16BrF3/c1-12-14-5-2-3-6-15(14)16(7-4-10-20)17-9-8-13(11-18(12)17)19(21,22)23/h2-3,5-6,8-9,11H,4,7,10H2,1H3. The summed E-state index contributed by atoms with van der Waals surface area (Å²) in [6.07, 6.45) is -2.53. The van der Waals surface area contributed by atoms with Crippen LogP contribution in [0.3, 0.4) is 0 Å². The first-order chi connectivity index (χ1) is 10.9. The Bertz CT molecular complexity index is 866. The summed E-state index contributed by atoms with van der Waals surface area (Å²) < 4.78 is 39.2. The number of fused-ring (bicyclic) bond motifs is 2. The Balaban J connectivity index is 2.38. The van der Waals surface area contributed by atoms with Crippen molar-refractivity contribution >= 4 is 37.5 Å². The monoisotopic (exact) mass is 380 g/mol. The zero-order chi connectivity index (χ0) is 16.6. The van der Waals surface area contributed by atoms with Crippen LogP contribution < -0.4 is 0 Å². The Labute approximate surface area is 141 Å². The average molecular weight is 381 g/mol. The Hall–Kier alpha value is -1.55. The van der Waals surface area contributed by atoms with Gasteiger partial charge in [-0.25, -0.2) is 0 Å². The lowest BCUT2D eigenvalue weighted by Gasteiger charge is -2.16. The number of hydrogen-bond acceptors (Lipinski definition) is 0. The van der Waals surface area contributed by atoms with Gasteiger partial charge in [0.05, 0.1) is 5.56 Å². The van der Waals surface area contributed by atoms with Gasteiger partial charge >= 0.3 is 6.18 Å². The number of hydrogen-bond donors (Lipinski definition) is 0. The summed E-state index contributed by atoms with van der Waals surface area (Å²) in [7, 11) is 0. The van der Waals surface area contributed by atoms with Crippen LogP contribution in [-0.2, 0) is 12.6 Å². The molecule has 0 nitrogen and oxygen atoms in total. The van der Waals surface area contributed by atoms with Crippen molar-refractivity contribution < 1.29 is 13.2 Å². The van der Waals surface area contributed by atoms with Gasteiger partial charge in [0.25, 0.3) is 0 Å². The Morgan fingerprint density at radius 3 is 2.22 bits per heavy atom. The predicted molar refractivity (Wildman–Crippen MR) is 93.3 cm³/mol. The third-order valence-corrected chi connectivity index (χ3v) is 4.85. The summed E-state index contributed by atoms with van der Waals surface area (Å²) in [6, 6.07) is 12.1. The largest absolute Gasteiger partial charge is 0.416 e. The van der Waals surface area contributed by atoms with Crippen LogP contribution in [0.2, 0.25) is 0 Å². The molecule has 0 spiro atoms. The van der Waals surface area contributed by atoms with Gasteiger partial charge in [-0.2, -0.15) is 13.2 Å². The lowest BCUT2D eigenvalue weighted by atomic mass is 9.89.